The molecule has 3 heteroatoms. The summed E-state index contributed by atoms with van der Waals surface area (Å²) in [7, 11) is 0. The Morgan fingerprint density at radius 3 is 2.80 bits per heavy atom. The molecule has 0 bridgehead atoms. The minimum Gasteiger partial charge on any atom is -0.251 e. The maximum atomic E-state index is 9.10. The van der Waals surface area contributed by atoms with Crippen molar-refractivity contribution in [1.29, 1.82) is 5.26 Å². The lowest BCUT2D eigenvalue weighted by atomic mass is 10.1. The van der Waals surface area contributed by atoms with Gasteiger partial charge in [0, 0.05) is 5.69 Å². The van der Waals surface area contributed by atoms with Crippen LogP contribution in [0.15, 0.2) is 23.6 Å². The minimum absolute atomic E-state index is 0.683. The SMILES string of the molecule is Cc1cc(C)c(C#N)c(-c2cccs2)n1. The van der Waals surface area contributed by atoms with Crippen molar-refractivity contribution in [2.75, 3.05) is 0 Å². The highest BCUT2D eigenvalue weighted by Crippen LogP contribution is 2.27. The second kappa shape index (κ2) is 3.84. The maximum absolute atomic E-state index is 9.10. The topological polar surface area (TPSA) is 36.7 Å². The average molecular weight is 214 g/mol. The maximum Gasteiger partial charge on any atom is 0.102 e. The number of nitriles is 1. The quantitative estimate of drug-likeness (QED) is 0.730. The molecular weight excluding hydrogens is 204 g/mol. The van der Waals surface area contributed by atoms with Crippen LogP contribution in [0.25, 0.3) is 10.6 Å². The van der Waals surface area contributed by atoms with Crippen LogP contribution in [0.1, 0.15) is 16.8 Å². The molecule has 0 aromatic carbocycles. The first-order valence-electron chi connectivity index (χ1n) is 4.64. The lowest BCUT2D eigenvalue weighted by molar-refractivity contribution is 1.17. The largest absolute Gasteiger partial charge is 0.251 e. The van der Waals surface area contributed by atoms with Crippen LogP contribution in [0.3, 0.4) is 0 Å². The van der Waals surface area contributed by atoms with Gasteiger partial charge in [0.2, 0.25) is 0 Å². The molecule has 0 N–H and O–H groups in total. The van der Waals surface area contributed by atoms with Crippen LogP contribution in [-0.4, -0.2) is 4.98 Å². The van der Waals surface area contributed by atoms with Gasteiger partial charge in [0.15, 0.2) is 0 Å². The predicted octanol–water partition coefficient (Wildman–Crippen LogP) is 3.30. The van der Waals surface area contributed by atoms with Crippen molar-refractivity contribution < 1.29 is 0 Å². The summed E-state index contributed by atoms with van der Waals surface area (Å²) in [6.07, 6.45) is 0. The third kappa shape index (κ3) is 1.77. The molecule has 0 amide bonds. The van der Waals surface area contributed by atoms with Crippen LogP contribution < -0.4 is 0 Å². The monoisotopic (exact) mass is 214 g/mol. The fourth-order valence-corrected chi connectivity index (χ4v) is 2.29. The molecule has 2 nitrogen and oxygen atoms in total. The number of thiophene rings is 1. The van der Waals surface area contributed by atoms with Gasteiger partial charge in [-0.05, 0) is 36.9 Å². The Hall–Kier alpha value is -1.66. The molecule has 15 heavy (non-hydrogen) atoms. The van der Waals surface area contributed by atoms with Crippen molar-refractivity contribution in [3.8, 4) is 16.6 Å². The molecular formula is C12H10N2S. The van der Waals surface area contributed by atoms with Gasteiger partial charge in [0.1, 0.15) is 6.07 Å². The van der Waals surface area contributed by atoms with E-state index in [4.69, 9.17) is 5.26 Å². The third-order valence-electron chi connectivity index (χ3n) is 2.21. The van der Waals surface area contributed by atoms with Gasteiger partial charge in [-0.25, -0.2) is 0 Å². The number of aromatic nitrogens is 1. The Morgan fingerprint density at radius 1 is 1.40 bits per heavy atom. The highest BCUT2D eigenvalue weighted by molar-refractivity contribution is 7.13. The summed E-state index contributed by atoms with van der Waals surface area (Å²) in [6, 6.07) is 8.13. The molecule has 2 aromatic heterocycles. The molecule has 0 saturated carbocycles. The second-order valence-electron chi connectivity index (χ2n) is 3.39. The Bertz CT molecular complexity index is 521. The summed E-state index contributed by atoms with van der Waals surface area (Å²) >= 11 is 1.61. The van der Waals surface area contributed by atoms with Crippen molar-refractivity contribution >= 4 is 11.3 Å². The number of nitrogens with zero attached hydrogens (tertiary/aromatic N) is 2. The Labute approximate surface area is 92.8 Å². The first-order chi connectivity index (χ1) is 7.22. The first-order valence-corrected chi connectivity index (χ1v) is 5.52. The molecule has 2 heterocycles. The van der Waals surface area contributed by atoms with Crippen LogP contribution >= 0.6 is 11.3 Å². The summed E-state index contributed by atoms with van der Waals surface area (Å²) in [5.74, 6) is 0. The third-order valence-corrected chi connectivity index (χ3v) is 3.09. The number of hydrogen-bond donors (Lipinski definition) is 0. The number of aryl methyl sites for hydroxylation is 2. The standard InChI is InChI=1S/C12H10N2S/c1-8-6-9(2)14-12(10(8)7-13)11-4-3-5-15-11/h3-6H,1-2H3. The molecule has 2 aromatic rings. The van der Waals surface area contributed by atoms with E-state index >= 15 is 0 Å². The first kappa shape index (κ1) is 9.88. The van der Waals surface area contributed by atoms with Crippen molar-refractivity contribution in [2.45, 2.75) is 13.8 Å². The number of rotatable bonds is 1. The summed E-state index contributed by atoms with van der Waals surface area (Å²) in [5.41, 5.74) is 3.44. The van der Waals surface area contributed by atoms with Crippen LogP contribution in [0.2, 0.25) is 0 Å². The fraction of sp³-hybridized carbons (Fsp3) is 0.167. The van der Waals surface area contributed by atoms with Crippen LogP contribution in [-0.2, 0) is 0 Å². The molecule has 0 aliphatic rings. The van der Waals surface area contributed by atoms with Gasteiger partial charge in [-0.2, -0.15) is 5.26 Å². The van der Waals surface area contributed by atoms with Gasteiger partial charge >= 0.3 is 0 Å². The van der Waals surface area contributed by atoms with Crippen molar-refractivity contribution in [3.05, 3.63) is 40.4 Å². The minimum atomic E-state index is 0.683. The molecule has 2 rings (SSSR count). The number of hydrogen-bond acceptors (Lipinski definition) is 3. The Balaban J connectivity index is 2.71. The van der Waals surface area contributed by atoms with E-state index in [-0.39, 0.29) is 0 Å². The van der Waals surface area contributed by atoms with Gasteiger partial charge in [-0.1, -0.05) is 6.07 Å². The molecule has 0 atom stereocenters. The molecule has 0 aliphatic carbocycles. The van der Waals surface area contributed by atoms with Crippen LogP contribution in [0.4, 0.5) is 0 Å². The van der Waals surface area contributed by atoms with Gasteiger partial charge < -0.3 is 0 Å². The van der Waals surface area contributed by atoms with Crippen LogP contribution in [0.5, 0.6) is 0 Å². The number of pyridine rings is 1. The van der Waals surface area contributed by atoms with Gasteiger partial charge in [-0.15, -0.1) is 11.3 Å². The zero-order chi connectivity index (χ0) is 10.8. The highest BCUT2D eigenvalue weighted by atomic mass is 32.1. The summed E-state index contributed by atoms with van der Waals surface area (Å²) < 4.78 is 0. The second-order valence-corrected chi connectivity index (χ2v) is 4.34. The lowest BCUT2D eigenvalue weighted by Gasteiger charge is -2.05. The molecule has 74 valence electrons. The molecule has 0 unspecified atom stereocenters. The summed E-state index contributed by atoms with van der Waals surface area (Å²) in [4.78, 5) is 5.49. The lowest BCUT2D eigenvalue weighted by Crippen LogP contribution is -1.94. The summed E-state index contributed by atoms with van der Waals surface area (Å²) in [5, 5.41) is 11.1. The van der Waals surface area contributed by atoms with E-state index < -0.39 is 0 Å². The molecule has 0 spiro atoms. The Morgan fingerprint density at radius 2 is 2.20 bits per heavy atom. The zero-order valence-corrected chi connectivity index (χ0v) is 9.43. The van der Waals surface area contributed by atoms with Crippen LogP contribution in [0, 0.1) is 25.2 Å². The van der Waals surface area contributed by atoms with E-state index in [2.05, 4.69) is 11.1 Å². The highest BCUT2D eigenvalue weighted by Gasteiger charge is 2.10. The average Bonchev–Trinajstić information content (AvgIpc) is 2.69. The fourth-order valence-electron chi connectivity index (χ4n) is 1.57. The van der Waals surface area contributed by atoms with E-state index in [1.165, 1.54) is 0 Å². The van der Waals surface area contributed by atoms with E-state index in [9.17, 15) is 0 Å². The summed E-state index contributed by atoms with van der Waals surface area (Å²) in [6.45, 7) is 3.90. The predicted molar refractivity (Wildman–Crippen MR) is 61.7 cm³/mol. The van der Waals surface area contributed by atoms with Gasteiger partial charge in [0.25, 0.3) is 0 Å². The van der Waals surface area contributed by atoms with Crippen molar-refractivity contribution in [1.82, 2.24) is 4.98 Å². The van der Waals surface area contributed by atoms with Gasteiger partial charge in [-0.3, -0.25) is 4.98 Å². The smallest absolute Gasteiger partial charge is 0.102 e. The molecule has 0 saturated heterocycles. The molecule has 0 aliphatic heterocycles. The van der Waals surface area contributed by atoms with Gasteiger partial charge in [0.05, 0.1) is 16.1 Å². The van der Waals surface area contributed by atoms with Crippen molar-refractivity contribution in [3.63, 3.8) is 0 Å². The van der Waals surface area contributed by atoms with E-state index in [0.717, 1.165) is 21.8 Å². The van der Waals surface area contributed by atoms with E-state index in [1.54, 1.807) is 11.3 Å². The van der Waals surface area contributed by atoms with E-state index in [0.29, 0.717) is 5.56 Å². The van der Waals surface area contributed by atoms with Crippen molar-refractivity contribution in [2.24, 2.45) is 0 Å². The van der Waals surface area contributed by atoms with E-state index in [1.807, 2.05) is 37.4 Å². The zero-order valence-electron chi connectivity index (χ0n) is 8.61. The normalized spacial score (nSPS) is 9.93. The molecule has 0 fully saturated rings. The molecule has 0 radical (unpaired) electrons. The Kier molecular flexibility index (Phi) is 2.53.